The molecule has 1 heterocycles. The van der Waals surface area contributed by atoms with Crippen molar-refractivity contribution in [3.8, 4) is 5.75 Å². The van der Waals surface area contributed by atoms with Crippen molar-refractivity contribution in [2.75, 3.05) is 37.6 Å². The highest BCUT2D eigenvalue weighted by atomic mass is 16.5. The summed E-state index contributed by atoms with van der Waals surface area (Å²) in [5.74, 6) is -0.165. The van der Waals surface area contributed by atoms with Crippen LogP contribution >= 0.6 is 0 Å². The van der Waals surface area contributed by atoms with E-state index in [4.69, 9.17) is 4.74 Å². The molecule has 0 aliphatic carbocycles. The summed E-state index contributed by atoms with van der Waals surface area (Å²) in [5.41, 5.74) is 0.750. The Morgan fingerprint density at radius 1 is 1.12 bits per heavy atom. The maximum Gasteiger partial charge on any atom is 0.262 e. The number of anilines is 1. The first-order chi connectivity index (χ1) is 12.5. The van der Waals surface area contributed by atoms with E-state index in [1.165, 1.54) is 0 Å². The number of carbonyl (C=O) groups excluding carboxylic acids is 3. The van der Waals surface area contributed by atoms with Gasteiger partial charge >= 0.3 is 0 Å². The fourth-order valence-corrected chi connectivity index (χ4v) is 2.62. The van der Waals surface area contributed by atoms with Gasteiger partial charge in [-0.25, -0.2) is 0 Å². The zero-order chi connectivity index (χ0) is 18.9. The summed E-state index contributed by atoms with van der Waals surface area (Å²) in [5, 5.41) is 8.03. The summed E-state index contributed by atoms with van der Waals surface area (Å²) in [6.07, 6.45) is 0.147. The number of amides is 3. The average Bonchev–Trinajstić information content (AvgIpc) is 2.64. The molecule has 26 heavy (non-hydrogen) atoms. The summed E-state index contributed by atoms with van der Waals surface area (Å²) in [4.78, 5) is 37.7. The first-order valence-corrected chi connectivity index (χ1v) is 8.86. The van der Waals surface area contributed by atoms with Gasteiger partial charge in [-0.1, -0.05) is 19.1 Å². The largest absolute Gasteiger partial charge is 0.477 e. The molecule has 0 aromatic heterocycles. The van der Waals surface area contributed by atoms with E-state index in [1.807, 2.05) is 32.0 Å². The monoisotopic (exact) mass is 362 g/mol. The molecule has 0 radical (unpaired) electrons. The van der Waals surface area contributed by atoms with Crippen molar-refractivity contribution in [2.45, 2.75) is 26.4 Å². The number of carbonyl (C=O) groups is 3. The van der Waals surface area contributed by atoms with Crippen molar-refractivity contribution in [2.24, 2.45) is 0 Å². The third-order valence-electron chi connectivity index (χ3n) is 3.86. The predicted molar refractivity (Wildman–Crippen MR) is 98.1 cm³/mol. The van der Waals surface area contributed by atoms with Crippen molar-refractivity contribution < 1.29 is 19.1 Å². The second-order valence-electron chi connectivity index (χ2n) is 5.98. The van der Waals surface area contributed by atoms with Crippen LogP contribution < -0.4 is 25.6 Å². The summed E-state index contributed by atoms with van der Waals surface area (Å²) in [7, 11) is 0. The Morgan fingerprint density at radius 2 is 1.88 bits per heavy atom. The van der Waals surface area contributed by atoms with Gasteiger partial charge in [0.1, 0.15) is 5.75 Å². The van der Waals surface area contributed by atoms with Crippen LogP contribution in [0.4, 0.5) is 5.69 Å². The molecular weight excluding hydrogens is 336 g/mol. The number of fused-ring (bicyclic) bond motifs is 1. The molecule has 0 bridgehead atoms. The highest BCUT2D eigenvalue weighted by Gasteiger charge is 2.31. The van der Waals surface area contributed by atoms with E-state index in [2.05, 4.69) is 16.0 Å². The Bertz CT molecular complexity index is 650. The second-order valence-corrected chi connectivity index (χ2v) is 5.98. The van der Waals surface area contributed by atoms with E-state index in [1.54, 1.807) is 11.0 Å². The lowest BCUT2D eigenvalue weighted by Crippen LogP contribution is -2.51. The molecule has 142 valence electrons. The molecule has 1 aromatic rings. The zero-order valence-electron chi connectivity index (χ0n) is 15.2. The Labute approximate surface area is 153 Å². The zero-order valence-corrected chi connectivity index (χ0v) is 15.2. The SMILES string of the molecule is CCCNC(=O)[C@@H]1CN(CC(=O)NCC(=O)NCC)c2ccccc2O1. The fourth-order valence-electron chi connectivity index (χ4n) is 2.62. The molecule has 8 nitrogen and oxygen atoms in total. The molecular formula is C18H26N4O4. The van der Waals surface area contributed by atoms with E-state index in [-0.39, 0.29) is 37.4 Å². The molecule has 3 N–H and O–H groups in total. The summed E-state index contributed by atoms with van der Waals surface area (Å²) < 4.78 is 5.78. The van der Waals surface area contributed by atoms with Crippen LogP contribution in [0, 0.1) is 0 Å². The van der Waals surface area contributed by atoms with Crippen molar-refractivity contribution in [1.82, 2.24) is 16.0 Å². The average molecular weight is 362 g/mol. The second kappa shape index (κ2) is 9.65. The molecule has 1 aliphatic heterocycles. The van der Waals surface area contributed by atoms with E-state index >= 15 is 0 Å². The van der Waals surface area contributed by atoms with Crippen LogP contribution in [0.1, 0.15) is 20.3 Å². The molecule has 0 fully saturated rings. The number of nitrogens with one attached hydrogen (secondary N) is 3. The normalized spacial score (nSPS) is 15.5. The maximum absolute atomic E-state index is 12.3. The summed E-state index contributed by atoms with van der Waals surface area (Å²) in [6.45, 7) is 5.11. The summed E-state index contributed by atoms with van der Waals surface area (Å²) >= 11 is 0. The van der Waals surface area contributed by atoms with E-state index in [0.717, 1.165) is 12.1 Å². The molecule has 0 saturated carbocycles. The topological polar surface area (TPSA) is 99.8 Å². The van der Waals surface area contributed by atoms with Gasteiger partial charge in [-0.05, 0) is 25.5 Å². The van der Waals surface area contributed by atoms with Gasteiger partial charge in [-0.2, -0.15) is 0 Å². The number of hydrogen-bond donors (Lipinski definition) is 3. The van der Waals surface area contributed by atoms with Gasteiger partial charge in [0, 0.05) is 13.1 Å². The number of likely N-dealkylation sites (N-methyl/N-ethyl adjacent to an activating group) is 1. The number of para-hydroxylation sites is 2. The Kier molecular flexibility index (Phi) is 7.25. The fraction of sp³-hybridized carbons (Fsp3) is 0.500. The Balaban J connectivity index is 2.02. The molecule has 3 amide bonds. The molecule has 1 aromatic carbocycles. The lowest BCUT2D eigenvalue weighted by atomic mass is 10.1. The van der Waals surface area contributed by atoms with E-state index in [0.29, 0.717) is 18.8 Å². The van der Waals surface area contributed by atoms with Gasteiger partial charge in [0.05, 0.1) is 25.3 Å². The van der Waals surface area contributed by atoms with Gasteiger partial charge in [0.25, 0.3) is 5.91 Å². The number of benzene rings is 1. The van der Waals surface area contributed by atoms with Gasteiger partial charge in [-0.3, -0.25) is 14.4 Å². The predicted octanol–water partition coefficient (Wildman–Crippen LogP) is 0.0325. The van der Waals surface area contributed by atoms with Crippen molar-refractivity contribution in [3.05, 3.63) is 24.3 Å². The van der Waals surface area contributed by atoms with Crippen LogP contribution in [-0.4, -0.2) is 56.5 Å². The lowest BCUT2D eigenvalue weighted by Gasteiger charge is -2.35. The van der Waals surface area contributed by atoms with Crippen LogP contribution in [0.15, 0.2) is 24.3 Å². The van der Waals surface area contributed by atoms with E-state index < -0.39 is 6.10 Å². The van der Waals surface area contributed by atoms with Gasteiger partial charge < -0.3 is 25.6 Å². The van der Waals surface area contributed by atoms with Crippen LogP contribution in [0.5, 0.6) is 5.75 Å². The minimum Gasteiger partial charge on any atom is -0.477 e. The van der Waals surface area contributed by atoms with Crippen LogP contribution in [0.25, 0.3) is 0 Å². The highest BCUT2D eigenvalue weighted by molar-refractivity contribution is 5.88. The molecule has 1 aliphatic rings. The van der Waals surface area contributed by atoms with Crippen LogP contribution in [0.3, 0.4) is 0 Å². The molecule has 1 atom stereocenters. The van der Waals surface area contributed by atoms with Gasteiger partial charge in [-0.15, -0.1) is 0 Å². The number of nitrogens with zero attached hydrogens (tertiary/aromatic N) is 1. The van der Waals surface area contributed by atoms with Crippen molar-refractivity contribution in [1.29, 1.82) is 0 Å². The third-order valence-corrected chi connectivity index (χ3v) is 3.86. The number of hydrogen-bond acceptors (Lipinski definition) is 5. The maximum atomic E-state index is 12.3. The van der Waals surface area contributed by atoms with Crippen LogP contribution in [-0.2, 0) is 14.4 Å². The first-order valence-electron chi connectivity index (χ1n) is 8.86. The van der Waals surface area contributed by atoms with Gasteiger partial charge in [0.2, 0.25) is 11.8 Å². The van der Waals surface area contributed by atoms with E-state index in [9.17, 15) is 14.4 Å². The van der Waals surface area contributed by atoms with Crippen LogP contribution in [0.2, 0.25) is 0 Å². The molecule has 0 unspecified atom stereocenters. The standard InChI is InChI=1S/C18H26N4O4/c1-3-9-20-18(25)15-11-22(13-7-5-6-8-14(13)26-15)12-17(24)21-10-16(23)19-4-2/h5-8,15H,3-4,9-12H2,1-2H3,(H,19,23)(H,20,25)(H,21,24)/t15-/m0/s1. The Hall–Kier alpha value is -2.77. The highest BCUT2D eigenvalue weighted by Crippen LogP contribution is 2.32. The smallest absolute Gasteiger partial charge is 0.262 e. The molecule has 8 heteroatoms. The van der Waals surface area contributed by atoms with Crippen molar-refractivity contribution >= 4 is 23.4 Å². The minimum absolute atomic E-state index is 0.0390. The number of ether oxygens (including phenoxy) is 1. The Morgan fingerprint density at radius 3 is 2.62 bits per heavy atom. The van der Waals surface area contributed by atoms with Gasteiger partial charge in [0.15, 0.2) is 6.10 Å². The molecule has 0 saturated heterocycles. The van der Waals surface area contributed by atoms with Crippen molar-refractivity contribution in [3.63, 3.8) is 0 Å². The summed E-state index contributed by atoms with van der Waals surface area (Å²) in [6, 6.07) is 7.28. The molecule has 0 spiro atoms. The third kappa shape index (κ3) is 5.37. The quantitative estimate of drug-likeness (QED) is 0.606. The minimum atomic E-state index is -0.687. The molecule has 2 rings (SSSR count). The number of rotatable bonds is 8. The first kappa shape index (κ1) is 19.6. The lowest BCUT2D eigenvalue weighted by molar-refractivity contribution is -0.128.